The molecule has 1 heterocycles. The van der Waals surface area contributed by atoms with Crippen molar-refractivity contribution in [2.24, 2.45) is 0 Å². The molecule has 1 aliphatic rings. The highest BCUT2D eigenvalue weighted by molar-refractivity contribution is 9.10. The minimum Gasteiger partial charge on any atom is -0.330 e. The highest BCUT2D eigenvalue weighted by Crippen LogP contribution is 2.36. The number of amides is 1. The van der Waals surface area contributed by atoms with Crippen LogP contribution in [-0.2, 0) is 4.79 Å². The molecule has 0 bridgehead atoms. The summed E-state index contributed by atoms with van der Waals surface area (Å²) in [6.45, 7) is 0.254. The summed E-state index contributed by atoms with van der Waals surface area (Å²) < 4.78 is 0.716. The Morgan fingerprint density at radius 1 is 1.20 bits per heavy atom. The summed E-state index contributed by atoms with van der Waals surface area (Å²) in [4.78, 5) is 24.6. The van der Waals surface area contributed by atoms with Gasteiger partial charge in [0.05, 0.1) is 11.4 Å². The Morgan fingerprint density at radius 3 is 2.75 bits per heavy atom. The van der Waals surface area contributed by atoms with Gasteiger partial charge in [-0.1, -0.05) is 12.1 Å². The minimum atomic E-state index is -0.0562. The van der Waals surface area contributed by atoms with E-state index in [9.17, 15) is 9.59 Å². The highest BCUT2D eigenvalue weighted by atomic mass is 79.9. The Morgan fingerprint density at radius 2 is 2.00 bits per heavy atom. The number of para-hydroxylation sites is 2. The van der Waals surface area contributed by atoms with Gasteiger partial charge in [-0.05, 0) is 46.3 Å². The lowest BCUT2D eigenvalue weighted by atomic mass is 10.1. The maximum Gasteiger partial charge on any atom is 0.244 e. The molecule has 0 aliphatic carbocycles. The molecule has 1 aliphatic heterocycles. The second kappa shape index (κ2) is 5.09. The van der Waals surface area contributed by atoms with Crippen LogP contribution in [0.25, 0.3) is 0 Å². The van der Waals surface area contributed by atoms with Gasteiger partial charge < -0.3 is 10.2 Å². The molecular formula is C15H11BrN2O2. The molecule has 0 saturated heterocycles. The molecule has 0 radical (unpaired) electrons. The fraction of sp³-hybridized carbons (Fsp3) is 0.0667. The Hall–Kier alpha value is -2.14. The van der Waals surface area contributed by atoms with Gasteiger partial charge in [0.2, 0.25) is 5.91 Å². The number of halogens is 1. The van der Waals surface area contributed by atoms with E-state index in [1.54, 1.807) is 6.07 Å². The molecule has 5 heteroatoms. The number of fused-ring (bicyclic) bond motifs is 1. The number of carbonyl (C=O) groups excluding carboxylic acids is 2. The molecule has 2 aromatic carbocycles. The smallest absolute Gasteiger partial charge is 0.244 e. The van der Waals surface area contributed by atoms with Crippen LogP contribution in [0.4, 0.5) is 17.1 Å². The van der Waals surface area contributed by atoms with Crippen LogP contribution in [0.2, 0.25) is 0 Å². The second-order valence-corrected chi connectivity index (χ2v) is 5.33. The molecule has 0 fully saturated rings. The van der Waals surface area contributed by atoms with Gasteiger partial charge in [-0.15, -0.1) is 0 Å². The third-order valence-electron chi connectivity index (χ3n) is 3.19. The zero-order chi connectivity index (χ0) is 14.1. The second-order valence-electron chi connectivity index (χ2n) is 4.48. The monoisotopic (exact) mass is 330 g/mol. The van der Waals surface area contributed by atoms with Gasteiger partial charge in [-0.3, -0.25) is 9.59 Å². The van der Waals surface area contributed by atoms with Crippen molar-refractivity contribution in [2.45, 2.75) is 0 Å². The summed E-state index contributed by atoms with van der Waals surface area (Å²) in [5, 5.41) is 2.85. The molecule has 0 saturated carbocycles. The Bertz CT molecular complexity index is 700. The quantitative estimate of drug-likeness (QED) is 0.859. The molecule has 4 nitrogen and oxygen atoms in total. The number of aldehydes is 1. The fourth-order valence-corrected chi connectivity index (χ4v) is 2.70. The van der Waals surface area contributed by atoms with Gasteiger partial charge in [-0.25, -0.2) is 0 Å². The van der Waals surface area contributed by atoms with E-state index in [1.807, 2.05) is 41.3 Å². The van der Waals surface area contributed by atoms with Gasteiger partial charge in [0.15, 0.2) is 6.29 Å². The zero-order valence-corrected chi connectivity index (χ0v) is 12.1. The van der Waals surface area contributed by atoms with Crippen LogP contribution in [0.1, 0.15) is 10.4 Å². The molecule has 3 rings (SSSR count). The first-order valence-corrected chi connectivity index (χ1v) is 6.89. The third kappa shape index (κ3) is 2.20. The number of carbonyl (C=O) groups is 2. The lowest BCUT2D eigenvalue weighted by Gasteiger charge is -2.31. The molecular weight excluding hydrogens is 320 g/mol. The Kier molecular flexibility index (Phi) is 3.28. The highest BCUT2D eigenvalue weighted by Gasteiger charge is 2.23. The standard InChI is InChI=1S/C15H11BrN2O2/c16-12-7-11(6-5-10(12)9-19)18-8-15(20)17-13-3-1-2-4-14(13)18/h1-7,9H,8H2,(H,17,20). The zero-order valence-electron chi connectivity index (χ0n) is 10.5. The molecule has 0 atom stereocenters. The molecule has 20 heavy (non-hydrogen) atoms. The van der Waals surface area contributed by atoms with Crippen LogP contribution in [0.15, 0.2) is 46.9 Å². The first kappa shape index (κ1) is 12.9. The predicted octanol–water partition coefficient (Wildman–Crippen LogP) is 3.35. The average molecular weight is 331 g/mol. The SMILES string of the molecule is O=Cc1ccc(N2CC(=O)Nc3ccccc32)cc1Br. The summed E-state index contributed by atoms with van der Waals surface area (Å²) in [7, 11) is 0. The number of anilines is 3. The lowest BCUT2D eigenvalue weighted by molar-refractivity contribution is -0.115. The number of hydrogen-bond acceptors (Lipinski definition) is 3. The predicted molar refractivity (Wildman–Crippen MR) is 81.6 cm³/mol. The van der Waals surface area contributed by atoms with Gasteiger partial charge >= 0.3 is 0 Å². The number of rotatable bonds is 2. The maximum atomic E-state index is 11.8. The maximum absolute atomic E-state index is 11.8. The van der Waals surface area contributed by atoms with Crippen LogP contribution < -0.4 is 10.2 Å². The van der Waals surface area contributed by atoms with Gasteiger partial charge in [0.1, 0.15) is 6.54 Å². The first-order chi connectivity index (χ1) is 9.69. The molecule has 1 amide bonds. The normalized spacial score (nSPS) is 13.7. The van der Waals surface area contributed by atoms with Crippen LogP contribution in [0, 0.1) is 0 Å². The van der Waals surface area contributed by atoms with Crippen molar-refractivity contribution in [2.75, 3.05) is 16.8 Å². The van der Waals surface area contributed by atoms with Crippen molar-refractivity contribution in [1.82, 2.24) is 0 Å². The van der Waals surface area contributed by atoms with E-state index in [-0.39, 0.29) is 12.5 Å². The van der Waals surface area contributed by atoms with Gasteiger partial charge in [0.25, 0.3) is 0 Å². The van der Waals surface area contributed by atoms with Crippen LogP contribution in [-0.4, -0.2) is 18.7 Å². The number of nitrogens with zero attached hydrogens (tertiary/aromatic N) is 1. The van der Waals surface area contributed by atoms with Crippen LogP contribution >= 0.6 is 15.9 Å². The molecule has 0 aromatic heterocycles. The van der Waals surface area contributed by atoms with E-state index in [1.165, 1.54) is 0 Å². The van der Waals surface area contributed by atoms with E-state index in [0.717, 1.165) is 23.3 Å². The number of hydrogen-bond donors (Lipinski definition) is 1. The van der Waals surface area contributed by atoms with Crippen molar-refractivity contribution in [1.29, 1.82) is 0 Å². The van der Waals surface area contributed by atoms with Crippen LogP contribution in [0.3, 0.4) is 0 Å². The van der Waals surface area contributed by atoms with E-state index in [2.05, 4.69) is 21.2 Å². The van der Waals surface area contributed by atoms with E-state index < -0.39 is 0 Å². The molecule has 2 aromatic rings. The summed E-state index contributed by atoms with van der Waals surface area (Å²) >= 11 is 3.37. The van der Waals surface area contributed by atoms with E-state index in [4.69, 9.17) is 0 Å². The first-order valence-electron chi connectivity index (χ1n) is 6.10. The summed E-state index contributed by atoms with van der Waals surface area (Å²) in [6.07, 6.45) is 0.796. The lowest BCUT2D eigenvalue weighted by Crippen LogP contribution is -2.34. The molecule has 1 N–H and O–H groups in total. The minimum absolute atomic E-state index is 0.0562. The van der Waals surface area contributed by atoms with Gasteiger partial charge in [-0.2, -0.15) is 0 Å². The fourth-order valence-electron chi connectivity index (χ4n) is 2.24. The Labute approximate surface area is 124 Å². The number of benzene rings is 2. The average Bonchev–Trinajstić information content (AvgIpc) is 2.46. The van der Waals surface area contributed by atoms with Crippen molar-refractivity contribution >= 4 is 45.2 Å². The van der Waals surface area contributed by atoms with Crippen molar-refractivity contribution < 1.29 is 9.59 Å². The van der Waals surface area contributed by atoms with Gasteiger partial charge in [0, 0.05) is 15.7 Å². The molecule has 100 valence electrons. The number of nitrogens with one attached hydrogen (secondary N) is 1. The topological polar surface area (TPSA) is 49.4 Å². The van der Waals surface area contributed by atoms with Crippen molar-refractivity contribution in [3.05, 3.63) is 52.5 Å². The van der Waals surface area contributed by atoms with Crippen molar-refractivity contribution in [3.8, 4) is 0 Å². The third-order valence-corrected chi connectivity index (χ3v) is 3.88. The van der Waals surface area contributed by atoms with Crippen molar-refractivity contribution in [3.63, 3.8) is 0 Å². The summed E-state index contributed by atoms with van der Waals surface area (Å²) in [5.74, 6) is -0.0562. The van der Waals surface area contributed by atoms with E-state index >= 15 is 0 Å². The molecule has 0 unspecified atom stereocenters. The largest absolute Gasteiger partial charge is 0.330 e. The summed E-state index contributed by atoms with van der Waals surface area (Å²) in [6, 6.07) is 13.1. The molecule has 0 spiro atoms. The van der Waals surface area contributed by atoms with Crippen LogP contribution in [0.5, 0.6) is 0 Å². The van der Waals surface area contributed by atoms with E-state index in [0.29, 0.717) is 10.0 Å². The summed E-state index contributed by atoms with van der Waals surface area (Å²) in [5.41, 5.74) is 3.19. The Balaban J connectivity index is 2.08.